The largest absolute Gasteiger partial charge is 0.379 e. The Labute approximate surface area is 177 Å². The van der Waals surface area contributed by atoms with Gasteiger partial charge in [0, 0.05) is 38.3 Å². The molecular weight excluding hydrogens is 408 g/mol. The Bertz CT molecular complexity index is 1050. The zero-order valence-electron chi connectivity index (χ0n) is 16.3. The quantitative estimate of drug-likeness (QED) is 0.557. The van der Waals surface area contributed by atoms with Crippen LogP contribution in [0.2, 0.25) is 0 Å². The standard InChI is InChI=1S/C22H21F2N3O2S/c23-17-14-18(24)21-19(15-17)30-22(25-21)27(9-8-26-10-12-29-13-11-26)20(28)7-6-16-4-2-1-3-5-16/h1-7,14-15H,8-13H2/b7-6+. The molecule has 156 valence electrons. The van der Waals surface area contributed by atoms with Gasteiger partial charge in [-0.3, -0.25) is 14.6 Å². The first-order valence-corrected chi connectivity index (χ1v) is 10.5. The molecule has 0 N–H and O–H groups in total. The number of morpholine rings is 1. The van der Waals surface area contributed by atoms with Gasteiger partial charge in [-0.1, -0.05) is 41.7 Å². The maximum atomic E-state index is 14.1. The third kappa shape index (κ3) is 4.89. The van der Waals surface area contributed by atoms with Crippen LogP contribution in [0.5, 0.6) is 0 Å². The summed E-state index contributed by atoms with van der Waals surface area (Å²) < 4.78 is 33.5. The van der Waals surface area contributed by atoms with Crippen LogP contribution in [-0.2, 0) is 9.53 Å². The fourth-order valence-electron chi connectivity index (χ4n) is 3.25. The number of hydrogen-bond acceptors (Lipinski definition) is 5. The van der Waals surface area contributed by atoms with Gasteiger partial charge >= 0.3 is 0 Å². The summed E-state index contributed by atoms with van der Waals surface area (Å²) in [4.78, 5) is 21.0. The first-order valence-electron chi connectivity index (χ1n) is 9.70. The van der Waals surface area contributed by atoms with Crippen molar-refractivity contribution in [2.24, 2.45) is 0 Å². The van der Waals surface area contributed by atoms with Gasteiger partial charge in [0.05, 0.1) is 17.9 Å². The molecule has 2 aromatic carbocycles. The van der Waals surface area contributed by atoms with E-state index < -0.39 is 11.6 Å². The molecule has 8 heteroatoms. The number of thiazole rings is 1. The molecule has 0 radical (unpaired) electrons. The number of fused-ring (bicyclic) bond motifs is 1. The van der Waals surface area contributed by atoms with Crippen molar-refractivity contribution in [1.29, 1.82) is 0 Å². The van der Waals surface area contributed by atoms with E-state index in [0.29, 0.717) is 36.1 Å². The SMILES string of the molecule is O=C(/C=C/c1ccccc1)N(CCN1CCOCC1)c1nc2c(F)cc(F)cc2s1. The zero-order chi connectivity index (χ0) is 20.9. The van der Waals surface area contributed by atoms with Crippen molar-refractivity contribution >= 4 is 38.7 Å². The number of aromatic nitrogens is 1. The van der Waals surface area contributed by atoms with Crippen molar-refractivity contribution in [3.05, 3.63) is 65.7 Å². The minimum atomic E-state index is -0.729. The smallest absolute Gasteiger partial charge is 0.252 e. The van der Waals surface area contributed by atoms with Crippen molar-refractivity contribution in [2.45, 2.75) is 0 Å². The molecule has 1 aliphatic rings. The minimum absolute atomic E-state index is 0.0765. The number of anilines is 1. The highest BCUT2D eigenvalue weighted by atomic mass is 32.1. The molecule has 0 aliphatic carbocycles. The molecule has 0 saturated carbocycles. The molecule has 0 atom stereocenters. The Balaban J connectivity index is 1.60. The van der Waals surface area contributed by atoms with Gasteiger partial charge < -0.3 is 4.74 Å². The first kappa shape index (κ1) is 20.6. The van der Waals surface area contributed by atoms with Crippen molar-refractivity contribution in [3.8, 4) is 0 Å². The zero-order valence-corrected chi connectivity index (χ0v) is 17.1. The van der Waals surface area contributed by atoms with Crippen molar-refractivity contribution in [1.82, 2.24) is 9.88 Å². The van der Waals surface area contributed by atoms with Crippen molar-refractivity contribution in [3.63, 3.8) is 0 Å². The monoisotopic (exact) mass is 429 g/mol. The lowest BCUT2D eigenvalue weighted by molar-refractivity contribution is -0.114. The summed E-state index contributed by atoms with van der Waals surface area (Å²) in [5.41, 5.74) is 0.976. The van der Waals surface area contributed by atoms with Crippen LogP contribution >= 0.6 is 11.3 Å². The van der Waals surface area contributed by atoms with E-state index in [1.807, 2.05) is 30.3 Å². The highest BCUT2D eigenvalue weighted by Crippen LogP contribution is 2.31. The van der Waals surface area contributed by atoms with Crippen LogP contribution in [0.25, 0.3) is 16.3 Å². The third-order valence-corrected chi connectivity index (χ3v) is 5.89. The number of ether oxygens (including phenoxy) is 1. The molecule has 1 fully saturated rings. The van der Waals surface area contributed by atoms with E-state index in [1.165, 1.54) is 17.0 Å². The molecule has 30 heavy (non-hydrogen) atoms. The normalized spacial score (nSPS) is 15.1. The van der Waals surface area contributed by atoms with E-state index in [1.54, 1.807) is 6.08 Å². The van der Waals surface area contributed by atoms with E-state index in [2.05, 4.69) is 9.88 Å². The lowest BCUT2D eigenvalue weighted by atomic mass is 10.2. The Morgan fingerprint density at radius 3 is 2.73 bits per heavy atom. The molecule has 0 spiro atoms. The second kappa shape index (κ2) is 9.42. The van der Waals surface area contributed by atoms with E-state index in [4.69, 9.17) is 4.74 Å². The molecule has 3 aromatic rings. The molecule has 2 heterocycles. The Morgan fingerprint density at radius 1 is 1.20 bits per heavy atom. The Hall–Kier alpha value is -2.68. The molecule has 0 bridgehead atoms. The summed E-state index contributed by atoms with van der Waals surface area (Å²) in [6, 6.07) is 11.5. The maximum Gasteiger partial charge on any atom is 0.252 e. The third-order valence-electron chi connectivity index (χ3n) is 4.86. The van der Waals surface area contributed by atoms with Gasteiger partial charge in [-0.25, -0.2) is 13.8 Å². The fraction of sp³-hybridized carbons (Fsp3) is 0.273. The molecule has 1 aromatic heterocycles. The van der Waals surface area contributed by atoms with E-state index in [9.17, 15) is 13.6 Å². The van der Waals surface area contributed by atoms with Gasteiger partial charge in [-0.05, 0) is 17.7 Å². The average molecular weight is 429 g/mol. The topological polar surface area (TPSA) is 45.7 Å². The van der Waals surface area contributed by atoms with E-state index in [0.717, 1.165) is 36.1 Å². The molecular formula is C22H21F2N3O2S. The number of halogens is 2. The first-order chi connectivity index (χ1) is 14.6. The van der Waals surface area contributed by atoms with Gasteiger partial charge in [0.25, 0.3) is 5.91 Å². The van der Waals surface area contributed by atoms with Crippen molar-refractivity contribution < 1.29 is 18.3 Å². The summed E-state index contributed by atoms with van der Waals surface area (Å²) in [5, 5.41) is 0.352. The molecule has 4 rings (SSSR count). The predicted molar refractivity (Wildman–Crippen MR) is 115 cm³/mol. The molecule has 5 nitrogen and oxygen atoms in total. The summed E-state index contributed by atoms with van der Waals surface area (Å²) in [7, 11) is 0. The lowest BCUT2D eigenvalue weighted by Gasteiger charge is -2.28. The summed E-state index contributed by atoms with van der Waals surface area (Å²) >= 11 is 1.11. The summed E-state index contributed by atoms with van der Waals surface area (Å²) in [6.07, 6.45) is 3.22. The minimum Gasteiger partial charge on any atom is -0.379 e. The number of benzene rings is 2. The number of hydrogen-bond donors (Lipinski definition) is 0. The van der Waals surface area contributed by atoms with Crippen LogP contribution < -0.4 is 4.90 Å². The lowest BCUT2D eigenvalue weighted by Crippen LogP contribution is -2.42. The highest BCUT2D eigenvalue weighted by molar-refractivity contribution is 7.22. The van der Waals surface area contributed by atoms with Gasteiger partial charge in [0.15, 0.2) is 10.9 Å². The highest BCUT2D eigenvalue weighted by Gasteiger charge is 2.21. The van der Waals surface area contributed by atoms with E-state index in [-0.39, 0.29) is 11.4 Å². The number of amides is 1. The van der Waals surface area contributed by atoms with Crippen LogP contribution in [0, 0.1) is 11.6 Å². The number of carbonyl (C=O) groups is 1. The van der Waals surface area contributed by atoms with Gasteiger partial charge in [0.2, 0.25) is 0 Å². The van der Waals surface area contributed by atoms with Gasteiger partial charge in [-0.15, -0.1) is 0 Å². The van der Waals surface area contributed by atoms with Crippen LogP contribution in [0.15, 0.2) is 48.5 Å². The molecule has 0 unspecified atom stereocenters. The average Bonchev–Trinajstić information content (AvgIpc) is 3.18. The molecule has 1 saturated heterocycles. The van der Waals surface area contributed by atoms with Crippen LogP contribution in [0.1, 0.15) is 5.56 Å². The Kier molecular flexibility index (Phi) is 6.47. The number of rotatable bonds is 6. The van der Waals surface area contributed by atoms with Crippen LogP contribution in [0.3, 0.4) is 0 Å². The second-order valence-electron chi connectivity index (χ2n) is 6.92. The number of carbonyl (C=O) groups excluding carboxylic acids is 1. The summed E-state index contributed by atoms with van der Waals surface area (Å²) in [5.74, 6) is -1.65. The van der Waals surface area contributed by atoms with Crippen LogP contribution in [0.4, 0.5) is 13.9 Å². The fourth-order valence-corrected chi connectivity index (χ4v) is 4.29. The predicted octanol–water partition coefficient (Wildman–Crippen LogP) is 3.95. The number of nitrogens with zero attached hydrogens (tertiary/aromatic N) is 3. The van der Waals surface area contributed by atoms with Gasteiger partial charge in [-0.2, -0.15) is 0 Å². The van der Waals surface area contributed by atoms with Crippen LogP contribution in [-0.4, -0.2) is 55.2 Å². The molecule has 1 amide bonds. The summed E-state index contributed by atoms with van der Waals surface area (Å²) in [6.45, 7) is 3.94. The second-order valence-corrected chi connectivity index (χ2v) is 7.93. The molecule has 1 aliphatic heterocycles. The maximum absolute atomic E-state index is 14.1. The van der Waals surface area contributed by atoms with Gasteiger partial charge in [0.1, 0.15) is 11.3 Å². The Morgan fingerprint density at radius 2 is 1.97 bits per heavy atom. The van der Waals surface area contributed by atoms with E-state index >= 15 is 0 Å². The van der Waals surface area contributed by atoms with Crippen molar-refractivity contribution in [2.75, 3.05) is 44.3 Å².